The zero-order valence-electron chi connectivity index (χ0n) is 20.3. The van der Waals surface area contributed by atoms with E-state index in [-0.39, 0.29) is 5.91 Å². The van der Waals surface area contributed by atoms with Gasteiger partial charge >= 0.3 is 0 Å². The van der Waals surface area contributed by atoms with E-state index in [0.29, 0.717) is 18.2 Å². The van der Waals surface area contributed by atoms with Crippen molar-refractivity contribution in [3.8, 4) is 5.69 Å². The minimum Gasteiger partial charge on any atom is -0.310 e. The normalized spacial score (nSPS) is 16.2. The molecule has 0 bridgehead atoms. The SMILES string of the molecule is CCN1C(=O)/C(=C\c2ccc3c(c2)c2ccccc2n3-c2ccccc2)N(C)/C1=N/c1ccccc1. The third kappa shape index (κ3) is 3.57. The first-order valence-electron chi connectivity index (χ1n) is 12.2. The molecule has 0 unspecified atom stereocenters. The summed E-state index contributed by atoms with van der Waals surface area (Å²) in [5.41, 5.74) is 5.83. The van der Waals surface area contributed by atoms with Crippen molar-refractivity contribution in [2.75, 3.05) is 13.6 Å². The van der Waals surface area contributed by atoms with Gasteiger partial charge in [0.2, 0.25) is 5.96 Å². The molecule has 1 saturated heterocycles. The number of amides is 1. The highest BCUT2D eigenvalue weighted by Crippen LogP contribution is 2.33. The number of rotatable bonds is 4. The first-order valence-corrected chi connectivity index (χ1v) is 12.2. The fourth-order valence-electron chi connectivity index (χ4n) is 4.95. The van der Waals surface area contributed by atoms with E-state index < -0.39 is 0 Å². The summed E-state index contributed by atoms with van der Waals surface area (Å²) in [7, 11) is 1.90. The van der Waals surface area contributed by atoms with Crippen LogP contribution in [-0.4, -0.2) is 39.8 Å². The van der Waals surface area contributed by atoms with Gasteiger partial charge in [0.25, 0.3) is 5.91 Å². The number of carbonyl (C=O) groups excluding carboxylic acids is 1. The van der Waals surface area contributed by atoms with E-state index in [9.17, 15) is 4.79 Å². The summed E-state index contributed by atoms with van der Waals surface area (Å²) < 4.78 is 2.29. The molecule has 6 rings (SSSR count). The molecule has 2 heterocycles. The van der Waals surface area contributed by atoms with Crippen molar-refractivity contribution < 1.29 is 4.79 Å². The molecule has 176 valence electrons. The van der Waals surface area contributed by atoms with Crippen LogP contribution in [0.25, 0.3) is 33.6 Å². The van der Waals surface area contributed by atoms with E-state index in [0.717, 1.165) is 33.4 Å². The molecule has 1 aliphatic rings. The third-order valence-electron chi connectivity index (χ3n) is 6.68. The van der Waals surface area contributed by atoms with E-state index in [1.165, 1.54) is 5.39 Å². The lowest BCUT2D eigenvalue weighted by atomic mass is 10.1. The number of likely N-dealkylation sites (N-methyl/N-ethyl adjacent to an activating group) is 2. The van der Waals surface area contributed by atoms with Gasteiger partial charge in [-0.3, -0.25) is 9.69 Å². The van der Waals surface area contributed by atoms with Crippen molar-refractivity contribution in [2.45, 2.75) is 6.92 Å². The number of hydrogen-bond donors (Lipinski definition) is 0. The van der Waals surface area contributed by atoms with Gasteiger partial charge < -0.3 is 9.47 Å². The number of aliphatic imine (C=N–C) groups is 1. The molecule has 5 aromatic rings. The molecule has 5 heteroatoms. The van der Waals surface area contributed by atoms with Crippen LogP contribution in [0.2, 0.25) is 0 Å². The number of hydrogen-bond acceptors (Lipinski definition) is 2. The van der Waals surface area contributed by atoms with Gasteiger partial charge in [0.05, 0.1) is 16.7 Å². The van der Waals surface area contributed by atoms with Crippen molar-refractivity contribution in [1.82, 2.24) is 14.4 Å². The Balaban J connectivity index is 1.47. The second kappa shape index (κ2) is 8.86. The van der Waals surface area contributed by atoms with Gasteiger partial charge in [0.1, 0.15) is 5.70 Å². The van der Waals surface area contributed by atoms with Crippen molar-refractivity contribution in [1.29, 1.82) is 0 Å². The van der Waals surface area contributed by atoms with Crippen LogP contribution in [0.15, 0.2) is 114 Å². The maximum Gasteiger partial charge on any atom is 0.277 e. The molecular formula is C31H26N4O. The Labute approximate surface area is 210 Å². The van der Waals surface area contributed by atoms with Crippen LogP contribution < -0.4 is 0 Å². The Morgan fingerprint density at radius 3 is 2.19 bits per heavy atom. The number of aromatic nitrogens is 1. The van der Waals surface area contributed by atoms with Crippen LogP contribution in [0.5, 0.6) is 0 Å². The Bertz CT molecular complexity index is 1650. The molecule has 36 heavy (non-hydrogen) atoms. The van der Waals surface area contributed by atoms with Crippen LogP contribution in [0.4, 0.5) is 5.69 Å². The van der Waals surface area contributed by atoms with Gasteiger partial charge in [0, 0.05) is 30.1 Å². The Kier molecular flexibility index (Phi) is 5.38. The summed E-state index contributed by atoms with van der Waals surface area (Å²) in [4.78, 5) is 21.7. The van der Waals surface area contributed by atoms with Crippen LogP contribution in [-0.2, 0) is 4.79 Å². The molecule has 1 amide bonds. The third-order valence-corrected chi connectivity index (χ3v) is 6.68. The Morgan fingerprint density at radius 1 is 0.778 bits per heavy atom. The van der Waals surface area contributed by atoms with Crippen molar-refractivity contribution in [3.63, 3.8) is 0 Å². The highest BCUT2D eigenvalue weighted by atomic mass is 16.2. The van der Waals surface area contributed by atoms with E-state index in [1.807, 2.05) is 61.3 Å². The predicted octanol–water partition coefficient (Wildman–Crippen LogP) is 6.61. The highest BCUT2D eigenvalue weighted by molar-refractivity contribution is 6.16. The van der Waals surface area contributed by atoms with Crippen molar-refractivity contribution >= 4 is 45.4 Å². The first-order chi connectivity index (χ1) is 17.7. The number of guanidine groups is 1. The van der Waals surface area contributed by atoms with E-state index in [1.54, 1.807) is 4.90 Å². The standard InChI is InChI=1S/C31H26N4O/c1-3-34-30(36)29(33(2)31(34)32-23-12-6-4-7-13-23)21-22-18-19-28-26(20-22)25-16-10-11-17-27(25)35(28)24-14-8-5-9-15-24/h4-21H,3H2,1-2H3/b29-21+,32-31-. The minimum absolute atomic E-state index is 0.0403. The van der Waals surface area contributed by atoms with Gasteiger partial charge in [-0.05, 0) is 61.0 Å². The average molecular weight is 471 g/mol. The second-order valence-electron chi connectivity index (χ2n) is 8.85. The molecule has 1 fully saturated rings. The molecule has 0 spiro atoms. The number of carbonyl (C=O) groups is 1. The zero-order chi connectivity index (χ0) is 24.6. The molecule has 1 aromatic heterocycles. The summed E-state index contributed by atoms with van der Waals surface area (Å²) in [6, 6.07) is 35.0. The van der Waals surface area contributed by atoms with Crippen LogP contribution in [0.3, 0.4) is 0 Å². The number of nitrogens with zero attached hydrogens (tertiary/aromatic N) is 4. The lowest BCUT2D eigenvalue weighted by molar-refractivity contribution is -0.122. The first kappa shape index (κ1) is 21.9. The molecule has 0 saturated carbocycles. The monoisotopic (exact) mass is 470 g/mol. The fraction of sp³-hybridized carbons (Fsp3) is 0.0968. The number of fused-ring (bicyclic) bond motifs is 3. The molecule has 1 aliphatic heterocycles. The Hall–Kier alpha value is -4.64. The molecule has 5 nitrogen and oxygen atoms in total. The summed E-state index contributed by atoms with van der Waals surface area (Å²) in [5.74, 6) is 0.600. The summed E-state index contributed by atoms with van der Waals surface area (Å²) in [6.45, 7) is 2.52. The minimum atomic E-state index is -0.0403. The Morgan fingerprint density at radius 2 is 1.44 bits per heavy atom. The molecular weight excluding hydrogens is 444 g/mol. The summed E-state index contributed by atoms with van der Waals surface area (Å²) in [6.07, 6.45) is 1.96. The topological polar surface area (TPSA) is 40.8 Å². The maximum absolute atomic E-state index is 13.3. The molecule has 4 aromatic carbocycles. The smallest absolute Gasteiger partial charge is 0.277 e. The number of para-hydroxylation sites is 3. The predicted molar refractivity (Wildman–Crippen MR) is 147 cm³/mol. The summed E-state index contributed by atoms with van der Waals surface area (Å²) in [5, 5.41) is 2.34. The second-order valence-corrected chi connectivity index (χ2v) is 8.85. The lowest BCUT2D eigenvalue weighted by Gasteiger charge is -2.16. The van der Waals surface area contributed by atoms with Crippen molar-refractivity contribution in [3.05, 3.63) is 114 Å². The molecule has 0 radical (unpaired) electrons. The van der Waals surface area contributed by atoms with Gasteiger partial charge in [-0.2, -0.15) is 0 Å². The van der Waals surface area contributed by atoms with Crippen molar-refractivity contribution in [2.24, 2.45) is 4.99 Å². The van der Waals surface area contributed by atoms with Crippen LogP contribution in [0, 0.1) is 0 Å². The molecule has 0 N–H and O–H groups in total. The lowest BCUT2D eigenvalue weighted by Crippen LogP contribution is -2.32. The molecule has 0 aliphatic carbocycles. The summed E-state index contributed by atoms with van der Waals surface area (Å²) >= 11 is 0. The fourth-order valence-corrected chi connectivity index (χ4v) is 4.95. The highest BCUT2D eigenvalue weighted by Gasteiger charge is 2.36. The van der Waals surface area contributed by atoms with Gasteiger partial charge in [-0.15, -0.1) is 0 Å². The van der Waals surface area contributed by atoms with E-state index in [2.05, 4.69) is 71.3 Å². The van der Waals surface area contributed by atoms with Crippen LogP contribution in [0.1, 0.15) is 12.5 Å². The van der Waals surface area contributed by atoms with Gasteiger partial charge in [-0.1, -0.05) is 60.7 Å². The van der Waals surface area contributed by atoms with Gasteiger partial charge in [0.15, 0.2) is 0 Å². The zero-order valence-corrected chi connectivity index (χ0v) is 20.3. The largest absolute Gasteiger partial charge is 0.310 e. The maximum atomic E-state index is 13.3. The number of benzene rings is 4. The van der Waals surface area contributed by atoms with E-state index in [4.69, 9.17) is 4.99 Å². The quantitative estimate of drug-likeness (QED) is 0.278. The molecule has 0 atom stereocenters. The average Bonchev–Trinajstić information content (AvgIpc) is 3.36. The van der Waals surface area contributed by atoms with Gasteiger partial charge in [-0.25, -0.2) is 4.99 Å². The van der Waals surface area contributed by atoms with E-state index >= 15 is 0 Å². The van der Waals surface area contributed by atoms with Crippen LogP contribution >= 0.6 is 0 Å².